The van der Waals surface area contributed by atoms with Crippen LogP contribution in [-0.2, 0) is 0 Å². The summed E-state index contributed by atoms with van der Waals surface area (Å²) in [5.41, 5.74) is 0.114. The average Bonchev–Trinajstić information content (AvgIpc) is 2.70. The Morgan fingerprint density at radius 3 is 2.35 bits per heavy atom. The number of anilines is 2. The van der Waals surface area contributed by atoms with E-state index in [2.05, 4.69) is 42.2 Å². The van der Waals surface area contributed by atoms with E-state index in [-0.39, 0.29) is 16.5 Å². The summed E-state index contributed by atoms with van der Waals surface area (Å²) < 4.78 is 1.20. The molecule has 0 aliphatic heterocycles. The molecule has 0 unspecified atom stereocenters. The Morgan fingerprint density at radius 1 is 1.00 bits per heavy atom. The van der Waals surface area contributed by atoms with E-state index < -0.39 is 21.2 Å². The maximum absolute atomic E-state index is 11.4. The number of para-hydroxylation sites is 2. The molecule has 0 aliphatic rings. The number of phenolic OH excluding ortho intramolecular Hbond substituents is 1. The van der Waals surface area contributed by atoms with Gasteiger partial charge in [0.1, 0.15) is 16.5 Å². The summed E-state index contributed by atoms with van der Waals surface area (Å²) in [6.45, 7) is 0. The molecule has 3 aromatic rings. The van der Waals surface area contributed by atoms with E-state index in [0.717, 1.165) is 16.6 Å². The van der Waals surface area contributed by atoms with Crippen LogP contribution in [0.15, 0.2) is 62.5 Å². The van der Waals surface area contributed by atoms with Gasteiger partial charge in [0.15, 0.2) is 0 Å². The number of nitrogens with one attached hydrogen (secondary N) is 1. The van der Waals surface area contributed by atoms with E-state index in [9.17, 15) is 25.3 Å². The number of nitrogens with zero attached hydrogens (tertiary/aromatic N) is 3. The van der Waals surface area contributed by atoms with Crippen molar-refractivity contribution >= 4 is 78.1 Å². The summed E-state index contributed by atoms with van der Waals surface area (Å²) in [5, 5.41) is 35.3. The van der Waals surface area contributed by atoms with Crippen molar-refractivity contribution in [3.63, 3.8) is 0 Å². The molecular weight excluding hydrogens is 559 g/mol. The number of aromatic hydroxyl groups is 1. The highest BCUT2D eigenvalue weighted by Gasteiger charge is 2.24. The Labute approximate surface area is 196 Å². The van der Waals surface area contributed by atoms with Crippen molar-refractivity contribution in [1.82, 2.24) is 0 Å². The predicted octanol–water partition coefficient (Wildman–Crippen LogP) is 6.88. The average molecular weight is 571 g/mol. The van der Waals surface area contributed by atoms with E-state index in [4.69, 9.17) is 11.6 Å². The lowest BCUT2D eigenvalue weighted by Gasteiger charge is -2.10. The molecule has 0 bridgehead atoms. The van der Waals surface area contributed by atoms with Gasteiger partial charge in [-0.1, -0.05) is 39.7 Å². The molecule has 2 N–H and O–H groups in total. The first-order valence-corrected chi connectivity index (χ1v) is 10.3. The Balaban J connectivity index is 2.01. The SMILES string of the molecule is O=[N+]([O-])c1cc([N+](=O)[O-])c(Nc2ccccc2N=Cc2cc(Br)cc(Br)c2O)cc1Cl. The third kappa shape index (κ3) is 5.19. The molecule has 0 saturated heterocycles. The zero-order valence-corrected chi connectivity index (χ0v) is 19.2. The number of phenols is 1. The van der Waals surface area contributed by atoms with E-state index in [1.807, 2.05) is 0 Å². The van der Waals surface area contributed by atoms with Gasteiger partial charge in [-0.15, -0.1) is 0 Å². The number of nitro benzene ring substituents is 2. The zero-order chi connectivity index (χ0) is 22.7. The molecule has 0 aromatic heterocycles. The van der Waals surface area contributed by atoms with Crippen LogP contribution in [0.25, 0.3) is 0 Å². The molecule has 3 rings (SSSR count). The van der Waals surface area contributed by atoms with Gasteiger partial charge >= 0.3 is 0 Å². The lowest BCUT2D eigenvalue weighted by Crippen LogP contribution is -2.00. The molecular formula is C19H11Br2ClN4O5. The van der Waals surface area contributed by atoms with Gasteiger partial charge in [-0.2, -0.15) is 0 Å². The van der Waals surface area contributed by atoms with E-state index >= 15 is 0 Å². The van der Waals surface area contributed by atoms with E-state index in [1.165, 1.54) is 6.21 Å². The van der Waals surface area contributed by atoms with Gasteiger partial charge in [0.2, 0.25) is 0 Å². The summed E-state index contributed by atoms with van der Waals surface area (Å²) in [6.07, 6.45) is 1.43. The van der Waals surface area contributed by atoms with Crippen molar-refractivity contribution in [3.8, 4) is 5.75 Å². The monoisotopic (exact) mass is 568 g/mol. The number of aliphatic imine (C=N–C) groups is 1. The van der Waals surface area contributed by atoms with Crippen molar-refractivity contribution in [1.29, 1.82) is 0 Å². The molecule has 0 saturated carbocycles. The first-order chi connectivity index (χ1) is 14.7. The van der Waals surface area contributed by atoms with Crippen LogP contribution in [0.1, 0.15) is 5.56 Å². The molecule has 0 heterocycles. The molecule has 0 fully saturated rings. The van der Waals surface area contributed by atoms with Crippen molar-refractivity contribution in [2.24, 2.45) is 4.99 Å². The zero-order valence-electron chi connectivity index (χ0n) is 15.3. The largest absolute Gasteiger partial charge is 0.506 e. The second kappa shape index (κ2) is 9.41. The lowest BCUT2D eigenvalue weighted by molar-refractivity contribution is -0.393. The van der Waals surface area contributed by atoms with Gasteiger partial charge in [-0.25, -0.2) is 0 Å². The minimum Gasteiger partial charge on any atom is -0.506 e. The highest BCUT2D eigenvalue weighted by Crippen LogP contribution is 2.39. The van der Waals surface area contributed by atoms with Crippen LogP contribution < -0.4 is 5.32 Å². The first-order valence-electron chi connectivity index (χ1n) is 8.38. The normalized spacial score (nSPS) is 10.9. The predicted molar refractivity (Wildman–Crippen MR) is 125 cm³/mol. The topological polar surface area (TPSA) is 131 Å². The van der Waals surface area contributed by atoms with Crippen LogP contribution in [-0.4, -0.2) is 21.2 Å². The molecule has 0 radical (unpaired) electrons. The molecule has 158 valence electrons. The van der Waals surface area contributed by atoms with Gasteiger partial charge in [0.25, 0.3) is 11.4 Å². The highest BCUT2D eigenvalue weighted by atomic mass is 79.9. The molecule has 12 heteroatoms. The number of halogens is 3. The number of hydrogen-bond acceptors (Lipinski definition) is 7. The molecule has 0 amide bonds. The molecule has 0 spiro atoms. The molecule has 0 atom stereocenters. The van der Waals surface area contributed by atoms with Crippen molar-refractivity contribution in [2.45, 2.75) is 0 Å². The van der Waals surface area contributed by atoms with Crippen LogP contribution in [0.5, 0.6) is 5.75 Å². The number of hydrogen-bond donors (Lipinski definition) is 2. The molecule has 3 aromatic carbocycles. The van der Waals surface area contributed by atoms with Gasteiger partial charge in [-0.05, 0) is 46.3 Å². The van der Waals surface area contributed by atoms with Crippen LogP contribution in [0.3, 0.4) is 0 Å². The Bertz CT molecular complexity index is 1240. The second-order valence-electron chi connectivity index (χ2n) is 6.06. The number of nitro groups is 2. The minimum atomic E-state index is -0.792. The van der Waals surface area contributed by atoms with E-state index in [0.29, 0.717) is 21.4 Å². The summed E-state index contributed by atoms with van der Waals surface area (Å²) in [4.78, 5) is 25.3. The van der Waals surface area contributed by atoms with Crippen LogP contribution in [0, 0.1) is 20.2 Å². The first kappa shape index (κ1) is 22.7. The number of benzene rings is 3. The standard InChI is InChI=1S/C19H11Br2ClN4O5/c20-11-5-10(19(27)12(21)6-11)9-23-14-3-1-2-4-15(14)24-16-7-13(22)17(25(28)29)8-18(16)26(30)31/h1-9,24,27H. The van der Waals surface area contributed by atoms with Crippen molar-refractivity contribution in [3.05, 3.63) is 88.3 Å². The quantitative estimate of drug-likeness (QED) is 0.189. The number of rotatable bonds is 6. The minimum absolute atomic E-state index is 0.00446. The summed E-state index contributed by atoms with van der Waals surface area (Å²) in [7, 11) is 0. The van der Waals surface area contributed by atoms with Gasteiger partial charge < -0.3 is 10.4 Å². The Kier molecular flexibility index (Phi) is 6.88. The molecule has 0 aliphatic carbocycles. The van der Waals surface area contributed by atoms with Crippen molar-refractivity contribution in [2.75, 3.05) is 5.32 Å². The summed E-state index contributed by atoms with van der Waals surface area (Å²) >= 11 is 12.5. The fourth-order valence-corrected chi connectivity index (χ4v) is 4.09. The summed E-state index contributed by atoms with van der Waals surface area (Å²) in [5.74, 6) is -0.00446. The van der Waals surface area contributed by atoms with Gasteiger partial charge in [0, 0.05) is 16.3 Å². The maximum Gasteiger partial charge on any atom is 0.299 e. The third-order valence-electron chi connectivity index (χ3n) is 4.03. The van der Waals surface area contributed by atoms with Crippen LogP contribution in [0.2, 0.25) is 5.02 Å². The second-order valence-corrected chi connectivity index (χ2v) is 8.24. The molecule has 31 heavy (non-hydrogen) atoms. The third-order valence-corrected chi connectivity index (χ3v) is 5.40. The fourth-order valence-electron chi connectivity index (χ4n) is 2.60. The highest BCUT2D eigenvalue weighted by molar-refractivity contribution is 9.11. The molecule has 9 nitrogen and oxygen atoms in total. The summed E-state index contributed by atoms with van der Waals surface area (Å²) in [6, 6.07) is 12.0. The lowest BCUT2D eigenvalue weighted by atomic mass is 10.2. The van der Waals surface area contributed by atoms with Crippen LogP contribution >= 0.6 is 43.5 Å². The maximum atomic E-state index is 11.4. The van der Waals surface area contributed by atoms with Gasteiger partial charge in [0.05, 0.1) is 31.8 Å². The Hall–Kier alpha value is -3.02. The van der Waals surface area contributed by atoms with Crippen molar-refractivity contribution < 1.29 is 15.0 Å². The smallest absolute Gasteiger partial charge is 0.299 e. The Morgan fingerprint density at radius 2 is 1.68 bits per heavy atom. The van der Waals surface area contributed by atoms with E-state index in [1.54, 1.807) is 36.4 Å². The van der Waals surface area contributed by atoms with Gasteiger partial charge in [-0.3, -0.25) is 25.2 Å². The fraction of sp³-hybridized carbons (Fsp3) is 0. The van der Waals surface area contributed by atoms with Crippen LogP contribution in [0.4, 0.5) is 28.4 Å².